The van der Waals surface area contributed by atoms with E-state index in [4.69, 9.17) is 5.26 Å². The van der Waals surface area contributed by atoms with E-state index in [0.29, 0.717) is 11.6 Å². The summed E-state index contributed by atoms with van der Waals surface area (Å²) in [5.74, 6) is 0.610. The fourth-order valence-corrected chi connectivity index (χ4v) is 1.54. The van der Waals surface area contributed by atoms with Crippen molar-refractivity contribution in [2.45, 2.75) is 13.0 Å². The monoisotopic (exact) mass is 177 g/mol. The van der Waals surface area contributed by atoms with Crippen LogP contribution in [0, 0.1) is 17.2 Å². The molecule has 68 valence electrons. The van der Waals surface area contributed by atoms with E-state index in [9.17, 15) is 0 Å². The van der Waals surface area contributed by atoms with Crippen LogP contribution in [0.15, 0.2) is 6.20 Å². The maximum atomic E-state index is 8.53. The van der Waals surface area contributed by atoms with Gasteiger partial charge in [-0.1, -0.05) is 0 Å². The molecule has 2 heterocycles. The highest BCUT2D eigenvalue weighted by Crippen LogP contribution is 2.08. The Morgan fingerprint density at radius 3 is 3.31 bits per heavy atom. The average molecular weight is 177 g/mol. The van der Waals surface area contributed by atoms with Crippen LogP contribution in [0.25, 0.3) is 0 Å². The molecule has 1 aliphatic heterocycles. The third kappa shape index (κ3) is 1.84. The van der Waals surface area contributed by atoms with Gasteiger partial charge in [0.2, 0.25) is 0 Å². The van der Waals surface area contributed by atoms with E-state index in [1.165, 1.54) is 12.6 Å². The minimum Gasteiger partial charge on any atom is -0.316 e. The van der Waals surface area contributed by atoms with Crippen LogP contribution in [0.2, 0.25) is 0 Å². The molecular weight excluding hydrogens is 166 g/mol. The zero-order valence-electron chi connectivity index (χ0n) is 7.27. The summed E-state index contributed by atoms with van der Waals surface area (Å²) in [6.45, 7) is 2.93. The first kappa shape index (κ1) is 8.20. The molecule has 13 heavy (non-hydrogen) atoms. The van der Waals surface area contributed by atoms with Crippen LogP contribution in [0.3, 0.4) is 0 Å². The van der Waals surface area contributed by atoms with Gasteiger partial charge in [0.25, 0.3) is 0 Å². The molecule has 1 aliphatic rings. The number of nitriles is 1. The van der Waals surface area contributed by atoms with E-state index in [-0.39, 0.29) is 0 Å². The normalized spacial score (nSPS) is 21.6. The van der Waals surface area contributed by atoms with Gasteiger partial charge in [-0.05, 0) is 25.4 Å². The van der Waals surface area contributed by atoms with Gasteiger partial charge in [0.05, 0.1) is 12.7 Å². The van der Waals surface area contributed by atoms with Crippen molar-refractivity contribution in [2.24, 2.45) is 5.92 Å². The molecular formula is C8H11N5. The van der Waals surface area contributed by atoms with Crippen molar-refractivity contribution in [1.82, 2.24) is 20.3 Å². The summed E-state index contributed by atoms with van der Waals surface area (Å²) in [5.41, 5.74) is 0.394. The van der Waals surface area contributed by atoms with E-state index in [2.05, 4.69) is 15.5 Å². The Morgan fingerprint density at radius 2 is 2.69 bits per heavy atom. The van der Waals surface area contributed by atoms with Gasteiger partial charge < -0.3 is 5.32 Å². The zero-order valence-corrected chi connectivity index (χ0v) is 7.27. The Kier molecular flexibility index (Phi) is 2.23. The molecule has 1 N–H and O–H groups in total. The third-order valence-electron chi connectivity index (χ3n) is 2.23. The fourth-order valence-electron chi connectivity index (χ4n) is 1.54. The molecule has 1 aromatic heterocycles. The summed E-state index contributed by atoms with van der Waals surface area (Å²) in [7, 11) is 0. The van der Waals surface area contributed by atoms with Gasteiger partial charge in [0.15, 0.2) is 5.69 Å². The summed E-state index contributed by atoms with van der Waals surface area (Å²) in [6.07, 6.45) is 2.67. The van der Waals surface area contributed by atoms with Crippen LogP contribution in [0.5, 0.6) is 0 Å². The zero-order chi connectivity index (χ0) is 9.10. The Bertz CT molecular complexity index is 318. The topological polar surface area (TPSA) is 66.5 Å². The van der Waals surface area contributed by atoms with Crippen LogP contribution in [0.1, 0.15) is 12.1 Å². The van der Waals surface area contributed by atoms with Crippen molar-refractivity contribution in [1.29, 1.82) is 5.26 Å². The smallest absolute Gasteiger partial charge is 0.182 e. The van der Waals surface area contributed by atoms with E-state index in [1.807, 2.05) is 6.07 Å². The minimum absolute atomic E-state index is 0.394. The molecule has 0 amide bonds. The molecule has 5 heteroatoms. The molecule has 1 atom stereocenters. The van der Waals surface area contributed by atoms with Crippen molar-refractivity contribution in [2.75, 3.05) is 13.1 Å². The predicted octanol–water partition coefficient (Wildman–Crippen LogP) is -0.241. The molecule has 1 unspecified atom stereocenters. The van der Waals surface area contributed by atoms with E-state index in [1.54, 1.807) is 4.80 Å². The Hall–Kier alpha value is -1.41. The van der Waals surface area contributed by atoms with Gasteiger partial charge in [-0.25, -0.2) is 0 Å². The second kappa shape index (κ2) is 3.54. The SMILES string of the molecule is N#Cc1cnn(CC2CCNC2)n1. The lowest BCUT2D eigenvalue weighted by Crippen LogP contribution is -2.16. The molecule has 1 fully saturated rings. The number of hydrogen-bond donors (Lipinski definition) is 1. The highest BCUT2D eigenvalue weighted by atomic mass is 15.5. The molecule has 5 nitrogen and oxygen atoms in total. The number of nitrogens with zero attached hydrogens (tertiary/aromatic N) is 4. The van der Waals surface area contributed by atoms with Gasteiger partial charge in [0, 0.05) is 0 Å². The first-order valence-electron chi connectivity index (χ1n) is 4.39. The van der Waals surface area contributed by atoms with E-state index >= 15 is 0 Å². The molecule has 1 aromatic rings. The molecule has 2 rings (SSSR count). The maximum absolute atomic E-state index is 8.53. The highest BCUT2D eigenvalue weighted by molar-refractivity contribution is 5.12. The Morgan fingerprint density at radius 1 is 1.77 bits per heavy atom. The average Bonchev–Trinajstić information content (AvgIpc) is 2.76. The third-order valence-corrected chi connectivity index (χ3v) is 2.23. The predicted molar refractivity (Wildman–Crippen MR) is 45.7 cm³/mol. The lowest BCUT2D eigenvalue weighted by molar-refractivity contribution is 0.411. The summed E-state index contributed by atoms with van der Waals surface area (Å²) in [5, 5.41) is 19.8. The minimum atomic E-state index is 0.394. The van der Waals surface area contributed by atoms with Gasteiger partial charge >= 0.3 is 0 Å². The summed E-state index contributed by atoms with van der Waals surface area (Å²) >= 11 is 0. The summed E-state index contributed by atoms with van der Waals surface area (Å²) < 4.78 is 0. The van der Waals surface area contributed by atoms with Gasteiger partial charge in [-0.15, -0.1) is 5.10 Å². The van der Waals surface area contributed by atoms with Crippen molar-refractivity contribution in [3.05, 3.63) is 11.9 Å². The largest absolute Gasteiger partial charge is 0.316 e. The Balaban J connectivity index is 1.97. The number of aromatic nitrogens is 3. The standard InChI is InChI=1S/C8H11N5/c9-3-8-5-11-13(12-8)6-7-1-2-10-4-7/h5,7,10H,1-2,4,6H2. The van der Waals surface area contributed by atoms with Crippen molar-refractivity contribution >= 4 is 0 Å². The van der Waals surface area contributed by atoms with Crippen molar-refractivity contribution in [3.8, 4) is 6.07 Å². The van der Waals surface area contributed by atoms with Crippen molar-refractivity contribution < 1.29 is 0 Å². The molecule has 0 saturated carbocycles. The number of rotatable bonds is 2. The molecule has 0 spiro atoms. The second-order valence-electron chi connectivity index (χ2n) is 3.26. The van der Waals surface area contributed by atoms with E-state index < -0.39 is 0 Å². The van der Waals surface area contributed by atoms with Gasteiger partial charge in [0.1, 0.15) is 6.07 Å². The lowest BCUT2D eigenvalue weighted by Gasteiger charge is -2.05. The molecule has 0 aliphatic carbocycles. The number of nitrogens with one attached hydrogen (secondary N) is 1. The quantitative estimate of drug-likeness (QED) is 0.677. The summed E-state index contributed by atoms with van der Waals surface area (Å²) in [4.78, 5) is 1.61. The molecule has 0 radical (unpaired) electrons. The van der Waals surface area contributed by atoms with Gasteiger partial charge in [-0.3, -0.25) is 0 Å². The second-order valence-corrected chi connectivity index (χ2v) is 3.26. The Labute approximate surface area is 76.4 Å². The maximum Gasteiger partial charge on any atom is 0.182 e. The van der Waals surface area contributed by atoms with Crippen LogP contribution in [-0.2, 0) is 6.54 Å². The lowest BCUT2D eigenvalue weighted by atomic mass is 10.1. The van der Waals surface area contributed by atoms with Crippen LogP contribution >= 0.6 is 0 Å². The van der Waals surface area contributed by atoms with Crippen LogP contribution < -0.4 is 5.32 Å². The molecule has 0 aromatic carbocycles. The first-order chi connectivity index (χ1) is 6.38. The molecule has 0 bridgehead atoms. The number of hydrogen-bond acceptors (Lipinski definition) is 4. The van der Waals surface area contributed by atoms with Gasteiger partial charge in [-0.2, -0.15) is 15.2 Å². The van der Waals surface area contributed by atoms with Crippen molar-refractivity contribution in [3.63, 3.8) is 0 Å². The highest BCUT2D eigenvalue weighted by Gasteiger charge is 2.15. The van der Waals surface area contributed by atoms with Crippen LogP contribution in [-0.4, -0.2) is 28.1 Å². The van der Waals surface area contributed by atoms with Crippen LogP contribution in [0.4, 0.5) is 0 Å². The molecule has 1 saturated heterocycles. The fraction of sp³-hybridized carbons (Fsp3) is 0.625. The summed E-state index contributed by atoms with van der Waals surface area (Å²) in [6, 6.07) is 1.96. The van der Waals surface area contributed by atoms with E-state index in [0.717, 1.165) is 19.6 Å². The first-order valence-corrected chi connectivity index (χ1v) is 4.39.